The minimum absolute atomic E-state index is 0.0649. The summed E-state index contributed by atoms with van der Waals surface area (Å²) in [6.45, 7) is 6.12. The Hall–Kier alpha value is -5.98. The average molecular weight is 750 g/mol. The van der Waals surface area contributed by atoms with Crippen LogP contribution in [0, 0.1) is 5.92 Å². The number of nitrogens with zero attached hydrogens (tertiary/aromatic N) is 2. The molecule has 6 amide bonds. The Bertz CT molecular complexity index is 1980. The molecule has 1 fully saturated rings. The largest absolute Gasteiger partial charge is 0.361 e. The molecule has 5 atom stereocenters. The van der Waals surface area contributed by atoms with Gasteiger partial charge in [-0.25, -0.2) is 0 Å². The molecule has 5 rings (SSSR count). The number of benzene rings is 3. The molecule has 290 valence electrons. The van der Waals surface area contributed by atoms with Gasteiger partial charge in [-0.2, -0.15) is 0 Å². The van der Waals surface area contributed by atoms with Gasteiger partial charge in [0.15, 0.2) is 0 Å². The maximum absolute atomic E-state index is 14.2. The van der Waals surface area contributed by atoms with Gasteiger partial charge in [0, 0.05) is 43.5 Å². The topological polar surface area (TPSA) is 173 Å². The van der Waals surface area contributed by atoms with Gasteiger partial charge in [-0.15, -0.1) is 0 Å². The molecule has 0 bridgehead atoms. The molecule has 0 spiro atoms. The number of likely N-dealkylation sites (N-methyl/N-ethyl adjacent to an activating group) is 1. The number of para-hydroxylation sites is 1. The molecule has 0 unspecified atom stereocenters. The highest BCUT2D eigenvalue weighted by molar-refractivity contribution is 5.96. The molecular weight excluding hydrogens is 699 g/mol. The van der Waals surface area contributed by atoms with Crippen molar-refractivity contribution in [3.8, 4) is 0 Å². The number of rotatable bonds is 7. The number of amides is 6. The molecule has 0 aliphatic carbocycles. The van der Waals surface area contributed by atoms with Gasteiger partial charge in [-0.05, 0) is 48.9 Å². The van der Waals surface area contributed by atoms with Crippen molar-refractivity contribution in [3.05, 3.63) is 108 Å². The van der Waals surface area contributed by atoms with Crippen molar-refractivity contribution < 1.29 is 28.8 Å². The first-order valence-corrected chi connectivity index (χ1v) is 18.7. The van der Waals surface area contributed by atoms with Crippen LogP contribution in [-0.4, -0.2) is 94.5 Å². The lowest BCUT2D eigenvalue weighted by Crippen LogP contribution is -2.59. The Morgan fingerprint density at radius 2 is 1.44 bits per heavy atom. The molecule has 1 aliphatic rings. The second-order valence-corrected chi connectivity index (χ2v) is 14.5. The van der Waals surface area contributed by atoms with E-state index in [4.69, 9.17) is 0 Å². The molecule has 5 N–H and O–H groups in total. The summed E-state index contributed by atoms with van der Waals surface area (Å²) in [5.74, 6) is -3.46. The molecule has 13 heteroatoms. The van der Waals surface area contributed by atoms with Crippen LogP contribution in [0.5, 0.6) is 0 Å². The van der Waals surface area contributed by atoms with Gasteiger partial charge in [0.1, 0.15) is 24.2 Å². The zero-order valence-corrected chi connectivity index (χ0v) is 32.0. The number of fused-ring (bicyclic) bond motifs is 1. The van der Waals surface area contributed by atoms with Crippen LogP contribution < -0.4 is 21.3 Å². The third-order valence-corrected chi connectivity index (χ3v) is 10.1. The number of aromatic amines is 1. The number of carbonyl (C=O) groups excluding carboxylic acids is 6. The monoisotopic (exact) mass is 749 g/mol. The van der Waals surface area contributed by atoms with Gasteiger partial charge in [0.05, 0.1) is 12.6 Å². The van der Waals surface area contributed by atoms with E-state index < -0.39 is 66.3 Å². The lowest BCUT2D eigenvalue weighted by Gasteiger charge is -2.33. The van der Waals surface area contributed by atoms with E-state index in [1.54, 1.807) is 26.0 Å². The molecule has 1 saturated heterocycles. The van der Waals surface area contributed by atoms with E-state index >= 15 is 0 Å². The van der Waals surface area contributed by atoms with Gasteiger partial charge < -0.3 is 36.1 Å². The lowest BCUT2D eigenvalue weighted by molar-refractivity contribution is -0.143. The van der Waals surface area contributed by atoms with E-state index in [1.165, 1.54) is 30.7 Å². The summed E-state index contributed by atoms with van der Waals surface area (Å²) in [6, 6.07) is 21.1. The Balaban J connectivity index is 1.51. The normalized spacial score (nSPS) is 22.4. The van der Waals surface area contributed by atoms with Gasteiger partial charge in [-0.1, -0.05) is 92.7 Å². The molecule has 3 aromatic carbocycles. The number of hydrogen-bond donors (Lipinski definition) is 5. The van der Waals surface area contributed by atoms with Crippen LogP contribution in [0.3, 0.4) is 0 Å². The van der Waals surface area contributed by atoms with E-state index in [0.717, 1.165) is 22.0 Å². The summed E-state index contributed by atoms with van der Waals surface area (Å²) in [6.07, 6.45) is 2.45. The smallest absolute Gasteiger partial charge is 0.245 e. The predicted molar refractivity (Wildman–Crippen MR) is 209 cm³/mol. The van der Waals surface area contributed by atoms with Crippen LogP contribution in [0.2, 0.25) is 0 Å². The average Bonchev–Trinajstić information content (AvgIpc) is 3.60. The first-order chi connectivity index (χ1) is 26.3. The second-order valence-electron chi connectivity index (χ2n) is 14.5. The van der Waals surface area contributed by atoms with Crippen LogP contribution in [-0.2, 0) is 41.6 Å². The maximum Gasteiger partial charge on any atom is 0.245 e. The number of aromatic nitrogens is 1. The first-order valence-electron chi connectivity index (χ1n) is 18.7. The van der Waals surface area contributed by atoms with Crippen molar-refractivity contribution in [2.45, 2.75) is 77.2 Å². The Morgan fingerprint density at radius 1 is 0.782 bits per heavy atom. The van der Waals surface area contributed by atoms with Crippen LogP contribution in [0.4, 0.5) is 0 Å². The molecule has 0 saturated carbocycles. The summed E-state index contributed by atoms with van der Waals surface area (Å²) >= 11 is 0. The van der Waals surface area contributed by atoms with Gasteiger partial charge in [0.25, 0.3) is 0 Å². The number of aryl methyl sites for hydroxylation is 1. The highest BCUT2D eigenvalue weighted by Crippen LogP contribution is 2.21. The number of hydrogen-bond acceptors (Lipinski definition) is 6. The van der Waals surface area contributed by atoms with Crippen LogP contribution >= 0.6 is 0 Å². The number of H-pyrrole nitrogens is 1. The first kappa shape index (κ1) is 40.2. The van der Waals surface area contributed by atoms with E-state index in [2.05, 4.69) is 26.3 Å². The molecule has 55 heavy (non-hydrogen) atoms. The fraction of sp³-hybridized carbons (Fsp3) is 0.381. The molecular formula is C42H51N7O6. The Kier molecular flexibility index (Phi) is 13.4. The zero-order chi connectivity index (χ0) is 39.6. The molecule has 0 radical (unpaired) electrons. The Labute approximate surface area is 321 Å². The zero-order valence-electron chi connectivity index (χ0n) is 32.0. The summed E-state index contributed by atoms with van der Waals surface area (Å²) in [5.41, 5.74) is 3.35. The molecule has 1 aliphatic heterocycles. The number of carbonyl (C=O) groups is 6. The third-order valence-electron chi connectivity index (χ3n) is 10.1. The van der Waals surface area contributed by atoms with Crippen molar-refractivity contribution in [2.24, 2.45) is 5.92 Å². The highest BCUT2D eigenvalue weighted by Gasteiger charge is 2.35. The fourth-order valence-corrected chi connectivity index (χ4v) is 6.68. The van der Waals surface area contributed by atoms with Gasteiger partial charge in [-0.3, -0.25) is 28.8 Å². The molecule has 2 heterocycles. The summed E-state index contributed by atoms with van der Waals surface area (Å²) in [5, 5.41) is 12.3. The van der Waals surface area contributed by atoms with Gasteiger partial charge >= 0.3 is 0 Å². The summed E-state index contributed by atoms with van der Waals surface area (Å²) in [7, 11) is 1.47. The fourth-order valence-electron chi connectivity index (χ4n) is 6.68. The summed E-state index contributed by atoms with van der Waals surface area (Å²) < 4.78 is 0. The van der Waals surface area contributed by atoms with Crippen molar-refractivity contribution in [1.29, 1.82) is 0 Å². The number of nitrogens with one attached hydrogen (secondary N) is 5. The van der Waals surface area contributed by atoms with Crippen molar-refractivity contribution in [2.75, 3.05) is 20.1 Å². The lowest BCUT2D eigenvalue weighted by atomic mass is 10.0. The van der Waals surface area contributed by atoms with Crippen LogP contribution in [0.1, 0.15) is 56.8 Å². The highest BCUT2D eigenvalue weighted by atomic mass is 16.2. The second kappa shape index (κ2) is 18.4. The third kappa shape index (κ3) is 10.4. The minimum Gasteiger partial charge on any atom is -0.361 e. The predicted octanol–water partition coefficient (Wildman–Crippen LogP) is 3.02. The standard InChI is InChI=1S/C42H51N7O6/c1-26(2)38-41(54)44-27(3)39(52)46-35(30-16-10-7-11-17-30)24-49(37(51)21-20-31-23-43-33-19-13-12-18-32(31)33)25-36(50)45-34(22-29-14-8-6-9-15-29)42(55)48(5)28(4)40(53)47-38/h6-19,23,26-28,34-35,38,43H,20-22,24-25H2,1-5H3,(H,44,54)(H,45,50)(H,46,52)(H,47,53)/t27-,28-,34-,35-,38+/m0/s1. The van der Waals surface area contributed by atoms with E-state index in [-0.39, 0.29) is 31.2 Å². The van der Waals surface area contributed by atoms with E-state index in [0.29, 0.717) is 12.0 Å². The van der Waals surface area contributed by atoms with Crippen molar-refractivity contribution in [1.82, 2.24) is 36.1 Å². The van der Waals surface area contributed by atoms with Crippen molar-refractivity contribution in [3.63, 3.8) is 0 Å². The van der Waals surface area contributed by atoms with Crippen LogP contribution in [0.25, 0.3) is 10.9 Å². The quantitative estimate of drug-likeness (QED) is 0.194. The van der Waals surface area contributed by atoms with E-state index in [9.17, 15) is 28.8 Å². The SMILES string of the molecule is CC(C)[C@H]1NC(=O)[C@H](C)N(C)C(=O)[C@H](Cc2ccccc2)NC(=O)CN(C(=O)CCc2c[nH]c3ccccc23)C[C@@H](c2ccccc2)NC(=O)[C@H](C)NC1=O. The molecule has 13 nitrogen and oxygen atoms in total. The van der Waals surface area contributed by atoms with Gasteiger partial charge in [0.2, 0.25) is 35.4 Å². The maximum atomic E-state index is 14.2. The Morgan fingerprint density at radius 3 is 2.13 bits per heavy atom. The molecule has 4 aromatic rings. The summed E-state index contributed by atoms with van der Waals surface area (Å²) in [4.78, 5) is 89.0. The minimum atomic E-state index is -1.09. The van der Waals surface area contributed by atoms with Crippen LogP contribution in [0.15, 0.2) is 91.1 Å². The van der Waals surface area contributed by atoms with E-state index in [1.807, 2.05) is 79.0 Å². The van der Waals surface area contributed by atoms with Crippen molar-refractivity contribution >= 4 is 46.3 Å². The molecule has 1 aromatic heterocycles.